The van der Waals surface area contributed by atoms with Crippen molar-refractivity contribution in [2.75, 3.05) is 0 Å². The van der Waals surface area contributed by atoms with Crippen LogP contribution in [0.3, 0.4) is 0 Å². The van der Waals surface area contributed by atoms with Crippen molar-refractivity contribution >= 4 is 38.4 Å². The van der Waals surface area contributed by atoms with Crippen LogP contribution >= 0.6 is 27.5 Å². The van der Waals surface area contributed by atoms with E-state index in [1.807, 2.05) is 18.2 Å². The number of fused-ring (bicyclic) bond motifs is 1. The molecule has 16 heavy (non-hydrogen) atoms. The third kappa shape index (κ3) is 1.88. The molecule has 0 amide bonds. The van der Waals surface area contributed by atoms with Gasteiger partial charge in [0.25, 0.3) is 0 Å². The Balaban J connectivity index is 2.75. The molecule has 2 aromatic rings. The molecule has 86 valence electrons. The van der Waals surface area contributed by atoms with Gasteiger partial charge in [-0.15, -0.1) is 0 Å². The average Bonchev–Trinajstić information content (AvgIpc) is 2.52. The molecule has 0 aliphatic heterocycles. The molecule has 1 aromatic carbocycles. The van der Waals surface area contributed by atoms with Crippen molar-refractivity contribution < 1.29 is 5.11 Å². The molecule has 1 heterocycles. The van der Waals surface area contributed by atoms with Crippen molar-refractivity contribution in [1.29, 1.82) is 0 Å². The molecular formula is C12H13BrClNO. The van der Waals surface area contributed by atoms with Gasteiger partial charge in [-0.2, -0.15) is 0 Å². The molecule has 1 aromatic heterocycles. The number of rotatable bonds is 3. The Bertz CT molecular complexity index is 521. The van der Waals surface area contributed by atoms with Crippen LogP contribution in [-0.4, -0.2) is 9.67 Å². The van der Waals surface area contributed by atoms with E-state index in [1.165, 1.54) is 0 Å². The monoisotopic (exact) mass is 301 g/mol. The summed E-state index contributed by atoms with van der Waals surface area (Å²) >= 11 is 9.71. The minimum absolute atomic E-state index is 0.0253. The summed E-state index contributed by atoms with van der Waals surface area (Å²) in [6, 6.07) is 6.02. The van der Waals surface area contributed by atoms with Crippen LogP contribution in [-0.2, 0) is 13.2 Å². The molecule has 0 unspecified atom stereocenters. The summed E-state index contributed by atoms with van der Waals surface area (Å²) in [7, 11) is 0. The van der Waals surface area contributed by atoms with Gasteiger partial charge < -0.3 is 9.67 Å². The Morgan fingerprint density at radius 2 is 2.19 bits per heavy atom. The van der Waals surface area contributed by atoms with Gasteiger partial charge in [0.1, 0.15) is 5.15 Å². The quantitative estimate of drug-likeness (QED) is 0.912. The van der Waals surface area contributed by atoms with Gasteiger partial charge >= 0.3 is 0 Å². The minimum atomic E-state index is -0.0253. The number of hydrogen-bond donors (Lipinski definition) is 1. The van der Waals surface area contributed by atoms with Crippen LogP contribution < -0.4 is 0 Å². The van der Waals surface area contributed by atoms with E-state index in [0.29, 0.717) is 5.15 Å². The van der Waals surface area contributed by atoms with E-state index in [0.717, 1.165) is 33.9 Å². The second kappa shape index (κ2) is 4.78. The molecule has 0 bridgehead atoms. The van der Waals surface area contributed by atoms with Crippen LogP contribution in [0.25, 0.3) is 10.9 Å². The Morgan fingerprint density at radius 1 is 1.44 bits per heavy atom. The lowest BCUT2D eigenvalue weighted by molar-refractivity contribution is 0.283. The van der Waals surface area contributed by atoms with Gasteiger partial charge in [-0.3, -0.25) is 0 Å². The maximum Gasteiger partial charge on any atom is 0.115 e. The Kier molecular flexibility index (Phi) is 3.57. The molecule has 0 radical (unpaired) electrons. The third-order valence-corrected chi connectivity index (χ3v) is 3.59. The lowest BCUT2D eigenvalue weighted by Crippen LogP contribution is -1.96. The van der Waals surface area contributed by atoms with Gasteiger partial charge in [0.05, 0.1) is 6.61 Å². The molecule has 0 atom stereocenters. The molecule has 4 heteroatoms. The van der Waals surface area contributed by atoms with E-state index in [9.17, 15) is 5.11 Å². The Labute approximate surface area is 108 Å². The predicted octanol–water partition coefficient (Wildman–Crippen LogP) is 3.96. The molecule has 0 fully saturated rings. The minimum Gasteiger partial charge on any atom is -0.392 e. The normalized spacial score (nSPS) is 11.2. The van der Waals surface area contributed by atoms with E-state index in [1.54, 1.807) is 0 Å². The number of aromatic nitrogens is 1. The summed E-state index contributed by atoms with van der Waals surface area (Å²) in [6.07, 6.45) is 1.02. The molecule has 0 saturated heterocycles. The van der Waals surface area contributed by atoms with Gasteiger partial charge in [0.15, 0.2) is 0 Å². The highest BCUT2D eigenvalue weighted by atomic mass is 79.9. The SMILES string of the molecule is CCCn1c(Cl)c(CO)c2cc(Br)ccc21. The highest BCUT2D eigenvalue weighted by Gasteiger charge is 2.14. The number of benzene rings is 1. The first kappa shape index (κ1) is 12.0. The zero-order chi connectivity index (χ0) is 11.7. The van der Waals surface area contributed by atoms with Gasteiger partial charge in [0, 0.05) is 27.5 Å². The van der Waals surface area contributed by atoms with Gasteiger partial charge in [-0.05, 0) is 24.6 Å². The molecular weight excluding hydrogens is 289 g/mol. The fourth-order valence-electron chi connectivity index (χ4n) is 1.96. The summed E-state index contributed by atoms with van der Waals surface area (Å²) in [6.45, 7) is 2.96. The van der Waals surface area contributed by atoms with Crippen molar-refractivity contribution in [1.82, 2.24) is 4.57 Å². The largest absolute Gasteiger partial charge is 0.392 e. The second-order valence-electron chi connectivity index (χ2n) is 3.74. The van der Waals surface area contributed by atoms with Crippen molar-refractivity contribution in [3.8, 4) is 0 Å². The van der Waals surface area contributed by atoms with Crippen LogP contribution in [0.15, 0.2) is 22.7 Å². The number of halogens is 2. The van der Waals surface area contributed by atoms with Crippen LogP contribution in [0.1, 0.15) is 18.9 Å². The van der Waals surface area contributed by atoms with Gasteiger partial charge in [0.2, 0.25) is 0 Å². The lowest BCUT2D eigenvalue weighted by atomic mass is 10.2. The molecule has 0 aliphatic rings. The van der Waals surface area contributed by atoms with Crippen LogP contribution in [0, 0.1) is 0 Å². The van der Waals surface area contributed by atoms with Crippen LogP contribution in [0.2, 0.25) is 5.15 Å². The van der Waals surface area contributed by atoms with E-state index in [-0.39, 0.29) is 6.61 Å². The van der Waals surface area contributed by atoms with E-state index < -0.39 is 0 Å². The summed E-state index contributed by atoms with van der Waals surface area (Å²) < 4.78 is 3.05. The number of nitrogens with zero attached hydrogens (tertiary/aromatic N) is 1. The number of aliphatic hydroxyl groups is 1. The number of aliphatic hydroxyl groups excluding tert-OH is 1. The predicted molar refractivity (Wildman–Crippen MR) is 70.9 cm³/mol. The molecule has 0 spiro atoms. The first-order chi connectivity index (χ1) is 7.69. The zero-order valence-electron chi connectivity index (χ0n) is 9.00. The highest BCUT2D eigenvalue weighted by molar-refractivity contribution is 9.10. The summed E-state index contributed by atoms with van der Waals surface area (Å²) in [5.41, 5.74) is 1.89. The van der Waals surface area contributed by atoms with Crippen molar-refractivity contribution in [2.24, 2.45) is 0 Å². The molecule has 0 aliphatic carbocycles. The zero-order valence-corrected chi connectivity index (χ0v) is 11.3. The second-order valence-corrected chi connectivity index (χ2v) is 5.01. The fraction of sp³-hybridized carbons (Fsp3) is 0.333. The maximum atomic E-state index is 9.38. The Hall–Kier alpha value is -0.510. The summed E-state index contributed by atoms with van der Waals surface area (Å²) in [5.74, 6) is 0. The van der Waals surface area contributed by atoms with E-state index in [4.69, 9.17) is 11.6 Å². The topological polar surface area (TPSA) is 25.2 Å². The summed E-state index contributed by atoms with van der Waals surface area (Å²) in [4.78, 5) is 0. The van der Waals surface area contributed by atoms with E-state index >= 15 is 0 Å². The average molecular weight is 303 g/mol. The number of hydrogen-bond acceptors (Lipinski definition) is 1. The third-order valence-electron chi connectivity index (χ3n) is 2.67. The molecule has 1 N–H and O–H groups in total. The standard InChI is InChI=1S/C12H13BrClNO/c1-2-5-15-11-4-3-8(13)6-9(11)10(7-16)12(15)14/h3-4,6,16H,2,5,7H2,1H3. The first-order valence-corrected chi connectivity index (χ1v) is 6.43. The van der Waals surface area contributed by atoms with Crippen molar-refractivity contribution in [3.05, 3.63) is 33.4 Å². The smallest absolute Gasteiger partial charge is 0.115 e. The first-order valence-electron chi connectivity index (χ1n) is 5.26. The van der Waals surface area contributed by atoms with Gasteiger partial charge in [-0.1, -0.05) is 34.5 Å². The number of aryl methyl sites for hydroxylation is 1. The summed E-state index contributed by atoms with van der Waals surface area (Å²) in [5, 5.41) is 11.0. The van der Waals surface area contributed by atoms with Gasteiger partial charge in [-0.25, -0.2) is 0 Å². The Morgan fingerprint density at radius 3 is 2.81 bits per heavy atom. The molecule has 2 rings (SSSR count). The molecule has 2 nitrogen and oxygen atoms in total. The van der Waals surface area contributed by atoms with Crippen LogP contribution in [0.4, 0.5) is 0 Å². The van der Waals surface area contributed by atoms with Crippen molar-refractivity contribution in [2.45, 2.75) is 26.5 Å². The van der Waals surface area contributed by atoms with E-state index in [2.05, 4.69) is 27.4 Å². The molecule has 0 saturated carbocycles. The lowest BCUT2D eigenvalue weighted by Gasteiger charge is -2.04. The fourth-order valence-corrected chi connectivity index (χ4v) is 2.66. The maximum absolute atomic E-state index is 9.38. The van der Waals surface area contributed by atoms with Crippen molar-refractivity contribution in [3.63, 3.8) is 0 Å². The highest BCUT2D eigenvalue weighted by Crippen LogP contribution is 2.32. The van der Waals surface area contributed by atoms with Crippen LogP contribution in [0.5, 0.6) is 0 Å².